The average molecular weight is 307 g/mol. The highest BCUT2D eigenvalue weighted by atomic mass is 35.5. The molecule has 0 radical (unpaired) electrons. The number of rotatable bonds is 2. The van der Waals surface area contributed by atoms with Gasteiger partial charge in [-0.25, -0.2) is 0 Å². The minimum Gasteiger partial charge on any atom is -0.327 e. The fraction of sp³-hybridized carbons (Fsp3) is 0.467. The van der Waals surface area contributed by atoms with E-state index >= 15 is 0 Å². The predicted molar refractivity (Wildman–Crippen MR) is 84.3 cm³/mol. The van der Waals surface area contributed by atoms with E-state index in [1.807, 2.05) is 18.2 Å². The molecule has 2 bridgehead atoms. The molecule has 1 aromatic carbocycles. The summed E-state index contributed by atoms with van der Waals surface area (Å²) in [5, 5.41) is 11.0. The highest BCUT2D eigenvalue weighted by molar-refractivity contribution is 6.01. The number of nitrogens with zero attached hydrogens (tertiary/aromatic N) is 1. The fourth-order valence-corrected chi connectivity index (χ4v) is 4.01. The third-order valence-electron chi connectivity index (χ3n) is 5.02. The molecule has 0 spiro atoms. The fourth-order valence-electron chi connectivity index (χ4n) is 4.01. The van der Waals surface area contributed by atoms with Crippen molar-refractivity contribution >= 4 is 34.9 Å². The van der Waals surface area contributed by atoms with E-state index in [1.54, 1.807) is 6.20 Å². The zero-order chi connectivity index (χ0) is 13.7. The van der Waals surface area contributed by atoms with Gasteiger partial charge in [0.15, 0.2) is 0 Å². The SMILES string of the molecule is Cl.NC1C2CCC(C2)C1C(=O)Nc1cccc2cn[nH]c12. The van der Waals surface area contributed by atoms with E-state index in [0.717, 1.165) is 29.4 Å². The van der Waals surface area contributed by atoms with Gasteiger partial charge in [0, 0.05) is 11.4 Å². The summed E-state index contributed by atoms with van der Waals surface area (Å²) < 4.78 is 0. The Hall–Kier alpha value is -1.59. The Morgan fingerprint density at radius 2 is 2.14 bits per heavy atom. The van der Waals surface area contributed by atoms with Crippen LogP contribution < -0.4 is 11.1 Å². The summed E-state index contributed by atoms with van der Waals surface area (Å²) >= 11 is 0. The van der Waals surface area contributed by atoms with Gasteiger partial charge in [0.25, 0.3) is 0 Å². The van der Waals surface area contributed by atoms with Crippen LogP contribution in [0.2, 0.25) is 0 Å². The zero-order valence-electron chi connectivity index (χ0n) is 11.6. The maximum absolute atomic E-state index is 12.6. The number of benzene rings is 1. The molecule has 2 aromatic rings. The molecule has 2 aliphatic rings. The number of aromatic nitrogens is 2. The van der Waals surface area contributed by atoms with Crippen molar-refractivity contribution in [2.75, 3.05) is 5.32 Å². The quantitative estimate of drug-likeness (QED) is 0.796. The second-order valence-corrected chi connectivity index (χ2v) is 6.07. The largest absolute Gasteiger partial charge is 0.327 e. The Labute approximate surface area is 129 Å². The van der Waals surface area contributed by atoms with E-state index in [4.69, 9.17) is 5.73 Å². The Morgan fingerprint density at radius 3 is 2.90 bits per heavy atom. The predicted octanol–water partition coefficient (Wildman–Crippen LogP) is 2.30. The Morgan fingerprint density at radius 1 is 1.33 bits per heavy atom. The van der Waals surface area contributed by atoms with Crippen molar-refractivity contribution in [3.8, 4) is 0 Å². The summed E-state index contributed by atoms with van der Waals surface area (Å²) in [7, 11) is 0. The highest BCUT2D eigenvalue weighted by Gasteiger charge is 2.49. The standard InChI is InChI=1S/C15H18N4O.ClH/c16-13-9-5-4-8(6-9)12(13)15(20)18-11-3-1-2-10-7-17-19-14(10)11;/h1-3,7-9,12-13H,4-6,16H2,(H,17,19)(H,18,20);1H. The monoisotopic (exact) mass is 306 g/mol. The van der Waals surface area contributed by atoms with Crippen LogP contribution in [-0.2, 0) is 4.79 Å². The summed E-state index contributed by atoms with van der Waals surface area (Å²) in [6, 6.07) is 5.82. The van der Waals surface area contributed by atoms with Crippen molar-refractivity contribution in [2.24, 2.45) is 23.5 Å². The molecular weight excluding hydrogens is 288 g/mol. The van der Waals surface area contributed by atoms with Crippen LogP contribution in [0.1, 0.15) is 19.3 Å². The number of fused-ring (bicyclic) bond motifs is 3. The Balaban J connectivity index is 0.00000132. The normalized spacial score (nSPS) is 30.3. The lowest BCUT2D eigenvalue weighted by atomic mass is 9.84. The molecule has 112 valence electrons. The minimum absolute atomic E-state index is 0. The van der Waals surface area contributed by atoms with Gasteiger partial charge in [-0.3, -0.25) is 9.89 Å². The van der Waals surface area contributed by atoms with Crippen LogP contribution in [0.3, 0.4) is 0 Å². The van der Waals surface area contributed by atoms with Crippen LogP contribution in [0, 0.1) is 17.8 Å². The summed E-state index contributed by atoms with van der Waals surface area (Å²) in [6.45, 7) is 0. The Bertz CT molecular complexity index is 668. The van der Waals surface area contributed by atoms with E-state index < -0.39 is 0 Å². The molecule has 6 heteroatoms. The molecular formula is C15H19ClN4O. The van der Waals surface area contributed by atoms with Crippen LogP contribution in [0.5, 0.6) is 0 Å². The maximum Gasteiger partial charge on any atom is 0.229 e. The van der Waals surface area contributed by atoms with Gasteiger partial charge in [0.2, 0.25) is 5.91 Å². The summed E-state index contributed by atoms with van der Waals surface area (Å²) in [5.41, 5.74) is 7.89. The van der Waals surface area contributed by atoms with Crippen LogP contribution in [-0.4, -0.2) is 22.1 Å². The topological polar surface area (TPSA) is 83.8 Å². The van der Waals surface area contributed by atoms with Crippen LogP contribution >= 0.6 is 12.4 Å². The number of anilines is 1. The van der Waals surface area contributed by atoms with E-state index in [9.17, 15) is 4.79 Å². The van der Waals surface area contributed by atoms with Crippen molar-refractivity contribution in [2.45, 2.75) is 25.3 Å². The van der Waals surface area contributed by atoms with Gasteiger partial charge in [-0.1, -0.05) is 12.1 Å². The van der Waals surface area contributed by atoms with Crippen LogP contribution in [0.15, 0.2) is 24.4 Å². The summed E-state index contributed by atoms with van der Waals surface area (Å²) in [6.07, 6.45) is 5.21. The molecule has 21 heavy (non-hydrogen) atoms. The van der Waals surface area contributed by atoms with Gasteiger partial charge in [-0.05, 0) is 37.2 Å². The number of halogens is 1. The van der Waals surface area contributed by atoms with E-state index in [1.165, 1.54) is 6.42 Å². The number of aromatic amines is 1. The average Bonchev–Trinajstić information content (AvgIpc) is 3.13. The number of carbonyl (C=O) groups is 1. The number of nitrogens with one attached hydrogen (secondary N) is 2. The third-order valence-corrected chi connectivity index (χ3v) is 5.02. The maximum atomic E-state index is 12.6. The highest BCUT2D eigenvalue weighted by Crippen LogP contribution is 2.48. The summed E-state index contributed by atoms with van der Waals surface area (Å²) in [5.74, 6) is 1.04. The smallest absolute Gasteiger partial charge is 0.229 e. The van der Waals surface area contributed by atoms with E-state index in [2.05, 4.69) is 15.5 Å². The lowest BCUT2D eigenvalue weighted by Crippen LogP contribution is -2.42. The molecule has 2 aliphatic carbocycles. The zero-order valence-corrected chi connectivity index (χ0v) is 12.4. The Kier molecular flexibility index (Phi) is 3.63. The number of nitrogens with two attached hydrogens (primary N) is 1. The number of hydrogen-bond acceptors (Lipinski definition) is 3. The molecule has 2 saturated carbocycles. The molecule has 1 aromatic heterocycles. The molecule has 4 atom stereocenters. The molecule has 1 amide bonds. The first-order chi connectivity index (χ1) is 9.74. The molecule has 4 rings (SSSR count). The lowest BCUT2D eigenvalue weighted by Gasteiger charge is -2.27. The molecule has 2 fully saturated rings. The molecule has 0 saturated heterocycles. The van der Waals surface area contributed by atoms with Gasteiger partial charge < -0.3 is 11.1 Å². The van der Waals surface area contributed by atoms with Gasteiger partial charge in [-0.15, -0.1) is 12.4 Å². The van der Waals surface area contributed by atoms with Crippen LogP contribution in [0.25, 0.3) is 10.9 Å². The van der Waals surface area contributed by atoms with Crippen molar-refractivity contribution < 1.29 is 4.79 Å². The molecule has 0 aliphatic heterocycles. The first kappa shape index (κ1) is 14.4. The number of amides is 1. The van der Waals surface area contributed by atoms with Crippen LogP contribution in [0.4, 0.5) is 5.69 Å². The van der Waals surface area contributed by atoms with Crippen molar-refractivity contribution in [1.29, 1.82) is 0 Å². The van der Waals surface area contributed by atoms with Crippen molar-refractivity contribution in [1.82, 2.24) is 10.2 Å². The molecule has 4 N–H and O–H groups in total. The van der Waals surface area contributed by atoms with Gasteiger partial charge in [0.05, 0.1) is 23.3 Å². The molecule has 4 unspecified atom stereocenters. The third kappa shape index (κ3) is 2.21. The molecule has 5 nitrogen and oxygen atoms in total. The number of carbonyl (C=O) groups excluding carboxylic acids is 1. The first-order valence-electron chi connectivity index (χ1n) is 7.22. The van der Waals surface area contributed by atoms with Crippen molar-refractivity contribution in [3.63, 3.8) is 0 Å². The van der Waals surface area contributed by atoms with Gasteiger partial charge >= 0.3 is 0 Å². The second-order valence-electron chi connectivity index (χ2n) is 6.07. The van der Waals surface area contributed by atoms with E-state index in [0.29, 0.717) is 11.8 Å². The summed E-state index contributed by atoms with van der Waals surface area (Å²) in [4.78, 5) is 12.6. The van der Waals surface area contributed by atoms with Gasteiger partial charge in [0.1, 0.15) is 0 Å². The number of hydrogen-bond donors (Lipinski definition) is 3. The second kappa shape index (κ2) is 5.31. The van der Waals surface area contributed by atoms with E-state index in [-0.39, 0.29) is 30.3 Å². The number of para-hydroxylation sites is 1. The molecule has 1 heterocycles. The number of H-pyrrole nitrogens is 1. The lowest BCUT2D eigenvalue weighted by molar-refractivity contribution is -0.121. The first-order valence-corrected chi connectivity index (χ1v) is 7.22. The van der Waals surface area contributed by atoms with Crippen molar-refractivity contribution in [3.05, 3.63) is 24.4 Å². The van der Waals surface area contributed by atoms with Gasteiger partial charge in [-0.2, -0.15) is 5.10 Å². The minimum atomic E-state index is -0.0353.